The first-order valence-corrected chi connectivity index (χ1v) is 13.7. The predicted molar refractivity (Wildman–Crippen MR) is 152 cm³/mol. The minimum Gasteiger partial charge on any atom is -0.387 e. The fourth-order valence-corrected chi connectivity index (χ4v) is 4.98. The second-order valence-corrected chi connectivity index (χ2v) is 10.0. The van der Waals surface area contributed by atoms with Gasteiger partial charge in [0.1, 0.15) is 36.6 Å². The van der Waals surface area contributed by atoms with Gasteiger partial charge in [-0.25, -0.2) is 0 Å². The molecule has 6 atom stereocenters. The zero-order valence-corrected chi connectivity index (χ0v) is 22.4. The van der Waals surface area contributed by atoms with E-state index in [-0.39, 0.29) is 26.4 Å². The fourth-order valence-electron chi connectivity index (χ4n) is 4.98. The van der Waals surface area contributed by atoms with Crippen LogP contribution in [-0.2, 0) is 45.4 Å². The van der Waals surface area contributed by atoms with Gasteiger partial charge in [-0.3, -0.25) is 0 Å². The van der Waals surface area contributed by atoms with E-state index in [0.29, 0.717) is 0 Å². The number of ether oxygens (including phenoxy) is 4. The van der Waals surface area contributed by atoms with Crippen LogP contribution in [0.15, 0.2) is 121 Å². The quantitative estimate of drug-likeness (QED) is 0.262. The van der Waals surface area contributed by atoms with E-state index >= 15 is 0 Å². The van der Waals surface area contributed by atoms with E-state index in [2.05, 4.69) is 0 Å². The van der Waals surface area contributed by atoms with Crippen molar-refractivity contribution in [2.75, 3.05) is 0 Å². The number of hydrogen-bond donors (Lipinski definition) is 2. The smallest absolute Gasteiger partial charge is 0.116 e. The first-order valence-electron chi connectivity index (χ1n) is 13.7. The van der Waals surface area contributed by atoms with Gasteiger partial charge in [0.05, 0.1) is 26.4 Å². The van der Waals surface area contributed by atoms with Crippen molar-refractivity contribution in [2.45, 2.75) is 63.1 Å². The number of hydrogen-bond acceptors (Lipinski definition) is 6. The average Bonchev–Trinajstić information content (AvgIpc) is 3.01. The molecule has 0 aliphatic heterocycles. The van der Waals surface area contributed by atoms with Gasteiger partial charge in [-0.1, -0.05) is 121 Å². The molecule has 2 N–H and O–H groups in total. The van der Waals surface area contributed by atoms with Crippen LogP contribution in [-0.4, -0.2) is 46.8 Å². The Morgan fingerprint density at radius 2 is 0.575 bits per heavy atom. The molecule has 0 bridgehead atoms. The Morgan fingerprint density at radius 3 is 0.825 bits per heavy atom. The van der Waals surface area contributed by atoms with Crippen molar-refractivity contribution in [3.05, 3.63) is 144 Å². The minimum atomic E-state index is -1.25. The molecule has 1 aliphatic carbocycles. The molecule has 1 aliphatic rings. The Morgan fingerprint density at radius 1 is 0.350 bits per heavy atom. The summed E-state index contributed by atoms with van der Waals surface area (Å²) in [5.74, 6) is 0. The van der Waals surface area contributed by atoms with E-state index in [1.807, 2.05) is 121 Å². The fraction of sp³-hybridized carbons (Fsp3) is 0.294. The third kappa shape index (κ3) is 7.43. The van der Waals surface area contributed by atoms with Crippen LogP contribution >= 0.6 is 0 Å². The van der Waals surface area contributed by atoms with Crippen molar-refractivity contribution >= 4 is 0 Å². The number of benzene rings is 4. The maximum Gasteiger partial charge on any atom is 0.116 e. The Hall–Kier alpha value is -3.36. The highest BCUT2D eigenvalue weighted by molar-refractivity contribution is 5.17. The normalized spacial score (nSPS) is 24.6. The minimum absolute atomic E-state index is 0.251. The molecule has 0 saturated heterocycles. The Kier molecular flexibility index (Phi) is 10.1. The SMILES string of the molecule is O[C@@H]1[C@@H](O)[C@H](OCc2ccccc2)[C@@H](OCc2ccccc2)[C@H](OCc2ccccc2)[C@H]1OCc1ccccc1. The standard InChI is InChI=1S/C34H36O6/c35-29-30(36)32(38-22-26-15-7-2-8-16-26)34(40-24-28-19-11-4-12-20-28)33(39-23-27-17-9-3-10-18-27)31(29)37-21-25-13-5-1-6-14-25/h1-20,29-36H,21-24H2/t29-,30-,31+,32+,33-,34-/m1/s1. The monoisotopic (exact) mass is 540 g/mol. The first-order chi connectivity index (χ1) is 19.7. The molecule has 4 aromatic rings. The third-order valence-electron chi connectivity index (χ3n) is 7.14. The van der Waals surface area contributed by atoms with Gasteiger partial charge >= 0.3 is 0 Å². The zero-order valence-electron chi connectivity index (χ0n) is 22.4. The highest BCUT2D eigenvalue weighted by Crippen LogP contribution is 2.32. The van der Waals surface area contributed by atoms with Gasteiger partial charge in [-0.2, -0.15) is 0 Å². The van der Waals surface area contributed by atoms with Crippen LogP contribution in [0.2, 0.25) is 0 Å². The molecule has 0 heterocycles. The number of aliphatic hydroxyl groups is 2. The lowest BCUT2D eigenvalue weighted by atomic mass is 9.84. The molecular formula is C34H36O6. The van der Waals surface area contributed by atoms with E-state index in [9.17, 15) is 10.2 Å². The number of rotatable bonds is 12. The van der Waals surface area contributed by atoms with Gasteiger partial charge in [0.15, 0.2) is 0 Å². The topological polar surface area (TPSA) is 77.4 Å². The van der Waals surface area contributed by atoms with E-state index in [1.165, 1.54) is 0 Å². The van der Waals surface area contributed by atoms with Crippen molar-refractivity contribution in [1.82, 2.24) is 0 Å². The summed E-state index contributed by atoms with van der Waals surface area (Å²) in [6.07, 6.45) is -5.63. The average molecular weight is 541 g/mol. The van der Waals surface area contributed by atoms with E-state index in [1.54, 1.807) is 0 Å². The molecule has 4 aromatic carbocycles. The molecule has 208 valence electrons. The van der Waals surface area contributed by atoms with E-state index in [4.69, 9.17) is 18.9 Å². The van der Waals surface area contributed by atoms with E-state index in [0.717, 1.165) is 22.3 Å². The maximum absolute atomic E-state index is 11.4. The lowest BCUT2D eigenvalue weighted by molar-refractivity contribution is -0.273. The molecule has 1 fully saturated rings. The summed E-state index contributed by atoms with van der Waals surface area (Å²) in [6, 6.07) is 39.1. The molecule has 0 aromatic heterocycles. The van der Waals surface area contributed by atoms with Crippen molar-refractivity contribution in [3.63, 3.8) is 0 Å². The highest BCUT2D eigenvalue weighted by atomic mass is 16.6. The van der Waals surface area contributed by atoms with Gasteiger partial charge in [0.25, 0.3) is 0 Å². The van der Waals surface area contributed by atoms with Crippen LogP contribution in [0.1, 0.15) is 22.3 Å². The summed E-state index contributed by atoms with van der Waals surface area (Å²) >= 11 is 0. The van der Waals surface area contributed by atoms with Crippen molar-refractivity contribution in [1.29, 1.82) is 0 Å². The largest absolute Gasteiger partial charge is 0.387 e. The summed E-state index contributed by atoms with van der Waals surface area (Å²) in [5.41, 5.74) is 3.87. The predicted octanol–water partition coefficient (Wildman–Crippen LogP) is 5.06. The van der Waals surface area contributed by atoms with Crippen LogP contribution in [0.5, 0.6) is 0 Å². The molecule has 0 amide bonds. The van der Waals surface area contributed by atoms with Gasteiger partial charge in [-0.05, 0) is 22.3 Å². The zero-order chi connectivity index (χ0) is 27.6. The molecule has 40 heavy (non-hydrogen) atoms. The number of aliphatic hydroxyl groups excluding tert-OH is 2. The van der Waals surface area contributed by atoms with Crippen LogP contribution in [0.25, 0.3) is 0 Å². The Balaban J connectivity index is 1.42. The maximum atomic E-state index is 11.4. The van der Waals surface area contributed by atoms with Crippen LogP contribution in [0, 0.1) is 0 Å². The molecule has 1 saturated carbocycles. The summed E-state index contributed by atoms with van der Waals surface area (Å²) in [7, 11) is 0. The van der Waals surface area contributed by atoms with Crippen molar-refractivity contribution in [2.24, 2.45) is 0 Å². The van der Waals surface area contributed by atoms with Gasteiger partial charge < -0.3 is 29.2 Å². The third-order valence-corrected chi connectivity index (χ3v) is 7.14. The Bertz CT molecular complexity index is 1150. The molecule has 6 nitrogen and oxygen atoms in total. The lowest BCUT2D eigenvalue weighted by Crippen LogP contribution is -2.66. The molecular weight excluding hydrogens is 504 g/mol. The molecule has 6 heteroatoms. The second kappa shape index (κ2) is 14.3. The summed E-state index contributed by atoms with van der Waals surface area (Å²) in [4.78, 5) is 0. The van der Waals surface area contributed by atoms with Crippen LogP contribution in [0.3, 0.4) is 0 Å². The van der Waals surface area contributed by atoms with Gasteiger partial charge in [-0.15, -0.1) is 0 Å². The van der Waals surface area contributed by atoms with Gasteiger partial charge in [0.2, 0.25) is 0 Å². The molecule has 0 unspecified atom stereocenters. The second-order valence-electron chi connectivity index (χ2n) is 10.0. The van der Waals surface area contributed by atoms with Crippen molar-refractivity contribution < 1.29 is 29.2 Å². The van der Waals surface area contributed by atoms with Crippen molar-refractivity contribution in [3.8, 4) is 0 Å². The summed E-state index contributed by atoms with van der Waals surface area (Å²) in [6.45, 7) is 1.08. The van der Waals surface area contributed by atoms with Crippen LogP contribution < -0.4 is 0 Å². The first kappa shape index (κ1) is 28.2. The van der Waals surface area contributed by atoms with E-state index < -0.39 is 36.6 Å². The summed E-state index contributed by atoms with van der Waals surface area (Å²) < 4.78 is 25.5. The summed E-state index contributed by atoms with van der Waals surface area (Å²) in [5, 5.41) is 22.7. The lowest BCUT2D eigenvalue weighted by Gasteiger charge is -2.47. The molecule has 0 radical (unpaired) electrons. The highest BCUT2D eigenvalue weighted by Gasteiger charge is 2.52. The molecule has 5 rings (SSSR count). The molecule has 0 spiro atoms. The Labute approximate surface area is 235 Å². The van der Waals surface area contributed by atoms with Gasteiger partial charge in [0, 0.05) is 0 Å². The van der Waals surface area contributed by atoms with Crippen LogP contribution in [0.4, 0.5) is 0 Å².